The molecule has 134 valence electrons. The van der Waals surface area contributed by atoms with E-state index in [1.165, 1.54) is 0 Å². The molecule has 1 aromatic rings. The molecule has 0 saturated heterocycles. The fraction of sp³-hybridized carbons (Fsp3) is 0.632. The number of halogens is 1. The zero-order valence-electron chi connectivity index (χ0n) is 15.6. The van der Waals surface area contributed by atoms with Crippen LogP contribution in [0.15, 0.2) is 24.3 Å². The molecule has 1 aromatic carbocycles. The second kappa shape index (κ2) is 7.18. The highest BCUT2D eigenvalue weighted by atomic mass is 35.5. The van der Waals surface area contributed by atoms with Crippen LogP contribution in [0, 0.1) is 11.8 Å². The quantitative estimate of drug-likeness (QED) is 0.507. The van der Waals surface area contributed by atoms with Gasteiger partial charge in [-0.2, -0.15) is 0 Å². The summed E-state index contributed by atoms with van der Waals surface area (Å²) in [6.07, 6.45) is 0. The highest BCUT2D eigenvalue weighted by molar-refractivity contribution is 6.74. The third kappa shape index (κ3) is 4.22. The van der Waals surface area contributed by atoms with Gasteiger partial charge in [-0.1, -0.05) is 44.5 Å². The molecule has 3 atom stereocenters. The van der Waals surface area contributed by atoms with Gasteiger partial charge in [-0.3, -0.25) is 4.79 Å². The van der Waals surface area contributed by atoms with Crippen molar-refractivity contribution in [1.29, 1.82) is 0 Å². The molecule has 0 spiro atoms. The van der Waals surface area contributed by atoms with Crippen LogP contribution in [-0.4, -0.2) is 27.5 Å². The van der Waals surface area contributed by atoms with Crippen LogP contribution in [0.4, 0.5) is 0 Å². The summed E-state index contributed by atoms with van der Waals surface area (Å²) >= 11 is 6.12. The molecule has 0 heterocycles. The van der Waals surface area contributed by atoms with Crippen LogP contribution >= 0.6 is 11.6 Å². The van der Waals surface area contributed by atoms with Crippen LogP contribution in [0.5, 0.6) is 0 Å². The van der Waals surface area contributed by atoms with E-state index in [0.717, 1.165) is 5.56 Å². The molecule has 2 rings (SSSR count). The Bertz CT molecular complexity index is 595. The fourth-order valence-electron chi connectivity index (χ4n) is 2.83. The maximum atomic E-state index is 12.3. The van der Waals surface area contributed by atoms with Crippen LogP contribution in [-0.2, 0) is 14.0 Å². The molecule has 0 radical (unpaired) electrons. The van der Waals surface area contributed by atoms with E-state index >= 15 is 0 Å². The molecule has 5 heteroatoms. The maximum Gasteiger partial charge on any atom is 0.309 e. The molecular weight excluding hydrogens is 340 g/mol. The monoisotopic (exact) mass is 368 g/mol. The molecule has 1 saturated carbocycles. The van der Waals surface area contributed by atoms with Gasteiger partial charge < -0.3 is 9.16 Å². The lowest BCUT2D eigenvalue weighted by Gasteiger charge is -2.36. The zero-order chi connectivity index (χ0) is 18.1. The van der Waals surface area contributed by atoms with Crippen molar-refractivity contribution in [2.75, 3.05) is 13.2 Å². The maximum absolute atomic E-state index is 12.3. The highest BCUT2D eigenvalue weighted by Gasteiger charge is 2.57. The van der Waals surface area contributed by atoms with Crippen LogP contribution in [0.3, 0.4) is 0 Å². The van der Waals surface area contributed by atoms with Crippen molar-refractivity contribution < 1.29 is 14.0 Å². The fourth-order valence-corrected chi connectivity index (χ4v) is 4.07. The van der Waals surface area contributed by atoms with E-state index in [4.69, 9.17) is 20.8 Å². The Kier molecular flexibility index (Phi) is 5.83. The van der Waals surface area contributed by atoms with Gasteiger partial charge in [0.15, 0.2) is 8.32 Å². The summed E-state index contributed by atoms with van der Waals surface area (Å²) in [7, 11) is -1.83. The van der Waals surface area contributed by atoms with Gasteiger partial charge in [0.1, 0.15) is 0 Å². The Morgan fingerprint density at radius 1 is 1.29 bits per heavy atom. The van der Waals surface area contributed by atoms with Gasteiger partial charge in [0, 0.05) is 23.5 Å². The van der Waals surface area contributed by atoms with E-state index in [-0.39, 0.29) is 28.8 Å². The minimum Gasteiger partial charge on any atom is -0.466 e. The number of rotatable bonds is 6. The van der Waals surface area contributed by atoms with Crippen molar-refractivity contribution in [2.24, 2.45) is 11.8 Å². The van der Waals surface area contributed by atoms with Gasteiger partial charge in [0.05, 0.1) is 12.5 Å². The largest absolute Gasteiger partial charge is 0.466 e. The van der Waals surface area contributed by atoms with E-state index in [2.05, 4.69) is 33.9 Å². The Morgan fingerprint density at radius 3 is 2.50 bits per heavy atom. The van der Waals surface area contributed by atoms with Gasteiger partial charge in [0.25, 0.3) is 0 Å². The lowest BCUT2D eigenvalue weighted by atomic mass is 10.1. The SMILES string of the molecule is CCOC(=O)C1[C@@H](c2cccc(Cl)c2)[C@H]1CO[Si](C)(C)C(C)(C)C. The zero-order valence-corrected chi connectivity index (χ0v) is 17.3. The number of hydrogen-bond donors (Lipinski definition) is 0. The minimum absolute atomic E-state index is 0.117. The van der Waals surface area contributed by atoms with E-state index in [1.807, 2.05) is 31.2 Å². The smallest absolute Gasteiger partial charge is 0.309 e. The minimum atomic E-state index is -1.83. The third-order valence-electron chi connectivity index (χ3n) is 5.40. The molecule has 1 aliphatic carbocycles. The normalized spacial score (nSPS) is 23.9. The van der Waals surface area contributed by atoms with E-state index in [0.29, 0.717) is 18.2 Å². The van der Waals surface area contributed by atoms with Crippen molar-refractivity contribution in [3.05, 3.63) is 34.9 Å². The van der Waals surface area contributed by atoms with Crippen molar-refractivity contribution in [2.45, 2.75) is 51.7 Å². The molecule has 24 heavy (non-hydrogen) atoms. The number of carbonyl (C=O) groups is 1. The standard InChI is InChI=1S/C19H29ClO3Si/c1-7-22-18(21)17-15(12-23-24(5,6)19(2,3)4)16(17)13-9-8-10-14(20)11-13/h8-11,15-17H,7,12H2,1-6H3/t15-,16+,17?/m1/s1. The number of carbonyl (C=O) groups excluding carboxylic acids is 1. The summed E-state index contributed by atoms with van der Waals surface area (Å²) < 4.78 is 11.6. The summed E-state index contributed by atoms with van der Waals surface area (Å²) in [5.41, 5.74) is 1.10. The first-order valence-electron chi connectivity index (χ1n) is 8.64. The lowest BCUT2D eigenvalue weighted by Crippen LogP contribution is -2.41. The van der Waals surface area contributed by atoms with Gasteiger partial charge in [0.2, 0.25) is 0 Å². The number of ether oxygens (including phenoxy) is 1. The van der Waals surface area contributed by atoms with E-state index in [1.54, 1.807) is 0 Å². The lowest BCUT2D eigenvalue weighted by molar-refractivity contribution is -0.145. The predicted octanol–water partition coefficient (Wildman–Crippen LogP) is 5.25. The van der Waals surface area contributed by atoms with Gasteiger partial charge in [-0.05, 0) is 42.8 Å². The average molecular weight is 369 g/mol. The Morgan fingerprint density at radius 2 is 1.96 bits per heavy atom. The first-order chi connectivity index (χ1) is 11.1. The van der Waals surface area contributed by atoms with Crippen LogP contribution in [0.1, 0.15) is 39.2 Å². The number of hydrogen-bond acceptors (Lipinski definition) is 3. The van der Waals surface area contributed by atoms with Crippen molar-refractivity contribution in [3.63, 3.8) is 0 Å². The number of benzene rings is 1. The van der Waals surface area contributed by atoms with Crippen molar-refractivity contribution >= 4 is 25.9 Å². The van der Waals surface area contributed by atoms with Crippen LogP contribution < -0.4 is 0 Å². The molecule has 1 fully saturated rings. The molecule has 0 amide bonds. The van der Waals surface area contributed by atoms with E-state index in [9.17, 15) is 4.79 Å². The molecule has 1 aliphatic rings. The summed E-state index contributed by atoms with van der Waals surface area (Å²) in [6.45, 7) is 14.0. The van der Waals surface area contributed by atoms with Crippen LogP contribution in [0.2, 0.25) is 23.2 Å². The molecule has 0 N–H and O–H groups in total. The molecule has 1 unspecified atom stereocenters. The molecular formula is C19H29ClO3Si. The Labute approximate surface area is 151 Å². The Hall–Kier alpha value is -0.843. The highest BCUT2D eigenvalue weighted by Crippen LogP contribution is 2.55. The number of esters is 1. The van der Waals surface area contributed by atoms with E-state index < -0.39 is 8.32 Å². The van der Waals surface area contributed by atoms with Gasteiger partial charge >= 0.3 is 5.97 Å². The molecule has 0 bridgehead atoms. The van der Waals surface area contributed by atoms with Crippen molar-refractivity contribution in [1.82, 2.24) is 0 Å². The average Bonchev–Trinajstić information content (AvgIpc) is 3.19. The summed E-state index contributed by atoms with van der Waals surface area (Å²) in [5.74, 6) is 0.0867. The Balaban J connectivity index is 2.12. The topological polar surface area (TPSA) is 35.5 Å². The van der Waals surface area contributed by atoms with Crippen LogP contribution in [0.25, 0.3) is 0 Å². The summed E-state index contributed by atoms with van der Waals surface area (Å²) in [4.78, 5) is 12.3. The third-order valence-corrected chi connectivity index (χ3v) is 10.1. The first-order valence-corrected chi connectivity index (χ1v) is 11.9. The first kappa shape index (κ1) is 19.5. The molecule has 0 aromatic heterocycles. The second-order valence-corrected chi connectivity index (χ2v) is 13.3. The summed E-state index contributed by atoms with van der Waals surface area (Å²) in [6, 6.07) is 7.78. The van der Waals surface area contributed by atoms with Crippen molar-refractivity contribution in [3.8, 4) is 0 Å². The second-order valence-electron chi connectivity index (χ2n) is 8.09. The molecule has 0 aliphatic heterocycles. The molecule has 3 nitrogen and oxygen atoms in total. The predicted molar refractivity (Wildman–Crippen MR) is 101 cm³/mol. The van der Waals surface area contributed by atoms with Gasteiger partial charge in [-0.25, -0.2) is 0 Å². The summed E-state index contributed by atoms with van der Waals surface area (Å²) in [5, 5.41) is 0.860. The van der Waals surface area contributed by atoms with Gasteiger partial charge in [-0.15, -0.1) is 0 Å².